The van der Waals surface area contributed by atoms with Crippen LogP contribution in [0.5, 0.6) is 0 Å². The quantitative estimate of drug-likeness (QED) is 0.292. The van der Waals surface area contributed by atoms with Crippen LogP contribution in [0.15, 0.2) is 54.6 Å². The second-order valence-corrected chi connectivity index (χ2v) is 6.12. The predicted octanol–water partition coefficient (Wildman–Crippen LogP) is 2.96. The molecule has 0 aromatic heterocycles. The van der Waals surface area contributed by atoms with Gasteiger partial charge in [0.1, 0.15) is 12.1 Å². The fourth-order valence-electron chi connectivity index (χ4n) is 3.17. The van der Waals surface area contributed by atoms with Crippen LogP contribution >= 0.6 is 0 Å². The van der Waals surface area contributed by atoms with Crippen molar-refractivity contribution >= 4 is 12.3 Å². The van der Waals surface area contributed by atoms with Gasteiger partial charge < -0.3 is 9.53 Å². The van der Waals surface area contributed by atoms with Gasteiger partial charge in [-0.3, -0.25) is 14.9 Å². The number of ether oxygens (including phenoxy) is 1. The highest BCUT2D eigenvalue weighted by molar-refractivity contribution is 5.87. The number of esters is 1. The standard InChI is InChI=1S/C20H20FNO5/c1-2-27-19(24)20(14-22(25)26,16-8-10-18(21)11-9-16)17(13-23)12-15-6-4-3-5-7-15/h3-11,13,17H,2,12,14H2,1H3. The van der Waals surface area contributed by atoms with Gasteiger partial charge in [-0.1, -0.05) is 42.5 Å². The predicted molar refractivity (Wildman–Crippen MR) is 96.3 cm³/mol. The van der Waals surface area contributed by atoms with E-state index in [0.29, 0.717) is 6.29 Å². The normalized spacial score (nSPS) is 14.0. The largest absolute Gasteiger partial charge is 0.465 e. The topological polar surface area (TPSA) is 86.5 Å². The Kier molecular flexibility index (Phi) is 6.76. The number of carbonyl (C=O) groups is 2. The first-order chi connectivity index (χ1) is 12.9. The molecule has 2 rings (SSSR count). The van der Waals surface area contributed by atoms with Gasteiger partial charge in [0.05, 0.1) is 6.61 Å². The van der Waals surface area contributed by atoms with Crippen LogP contribution in [-0.2, 0) is 26.2 Å². The zero-order chi connectivity index (χ0) is 19.9. The van der Waals surface area contributed by atoms with Crippen molar-refractivity contribution in [1.29, 1.82) is 0 Å². The maximum atomic E-state index is 13.4. The monoisotopic (exact) mass is 373 g/mol. The Balaban J connectivity index is 2.62. The van der Waals surface area contributed by atoms with Gasteiger partial charge in [0.2, 0.25) is 6.54 Å². The highest BCUT2D eigenvalue weighted by Crippen LogP contribution is 2.36. The van der Waals surface area contributed by atoms with Crippen molar-refractivity contribution in [2.24, 2.45) is 5.92 Å². The molecule has 0 amide bonds. The van der Waals surface area contributed by atoms with Crippen LogP contribution in [-0.4, -0.2) is 30.3 Å². The Labute approximate surface area is 156 Å². The van der Waals surface area contributed by atoms with E-state index in [0.717, 1.165) is 17.7 Å². The lowest BCUT2D eigenvalue weighted by molar-refractivity contribution is -0.490. The van der Waals surface area contributed by atoms with Gasteiger partial charge in [0.15, 0.2) is 5.41 Å². The maximum Gasteiger partial charge on any atom is 0.324 e. The average molecular weight is 373 g/mol. The summed E-state index contributed by atoms with van der Waals surface area (Å²) >= 11 is 0. The van der Waals surface area contributed by atoms with Crippen molar-refractivity contribution in [3.63, 3.8) is 0 Å². The summed E-state index contributed by atoms with van der Waals surface area (Å²) in [6.07, 6.45) is 0.644. The smallest absolute Gasteiger partial charge is 0.324 e. The Bertz CT molecular complexity index is 794. The molecule has 142 valence electrons. The van der Waals surface area contributed by atoms with E-state index in [-0.39, 0.29) is 18.6 Å². The summed E-state index contributed by atoms with van der Waals surface area (Å²) in [7, 11) is 0. The molecular weight excluding hydrogens is 353 g/mol. The van der Waals surface area contributed by atoms with Gasteiger partial charge in [0.25, 0.3) is 0 Å². The molecule has 2 aromatic carbocycles. The fourth-order valence-corrected chi connectivity index (χ4v) is 3.17. The highest BCUT2D eigenvalue weighted by Gasteiger charge is 2.53. The summed E-state index contributed by atoms with van der Waals surface area (Å²) in [4.78, 5) is 35.7. The van der Waals surface area contributed by atoms with Gasteiger partial charge in [-0.05, 0) is 36.6 Å². The minimum absolute atomic E-state index is 0.00357. The molecule has 0 aliphatic carbocycles. The summed E-state index contributed by atoms with van der Waals surface area (Å²) in [6.45, 7) is 0.733. The Morgan fingerprint density at radius 2 is 1.85 bits per heavy atom. The lowest BCUT2D eigenvalue weighted by Gasteiger charge is -2.33. The van der Waals surface area contributed by atoms with E-state index in [2.05, 4.69) is 0 Å². The van der Waals surface area contributed by atoms with E-state index in [1.807, 2.05) is 0 Å². The number of aldehydes is 1. The SMILES string of the molecule is CCOC(=O)C(C[N+](=O)[O-])(c1ccc(F)cc1)C(C=O)Cc1ccccc1. The molecule has 0 N–H and O–H groups in total. The summed E-state index contributed by atoms with van der Waals surface area (Å²) in [5, 5.41) is 11.4. The summed E-state index contributed by atoms with van der Waals surface area (Å²) in [6, 6.07) is 13.7. The number of nitro groups is 1. The molecule has 27 heavy (non-hydrogen) atoms. The molecule has 2 aromatic rings. The van der Waals surface area contributed by atoms with E-state index in [1.54, 1.807) is 37.3 Å². The van der Waals surface area contributed by atoms with Crippen molar-refractivity contribution < 1.29 is 23.6 Å². The molecule has 0 saturated heterocycles. The molecule has 0 bridgehead atoms. The number of carbonyl (C=O) groups excluding carboxylic acids is 2. The number of nitrogens with zero attached hydrogens (tertiary/aromatic N) is 1. The Morgan fingerprint density at radius 1 is 1.22 bits per heavy atom. The first kappa shape index (κ1) is 20.2. The number of halogens is 1. The van der Waals surface area contributed by atoms with Crippen LogP contribution in [0.3, 0.4) is 0 Å². The molecule has 0 heterocycles. The first-order valence-electron chi connectivity index (χ1n) is 8.48. The van der Waals surface area contributed by atoms with Crippen LogP contribution in [0.4, 0.5) is 4.39 Å². The average Bonchev–Trinajstić information content (AvgIpc) is 2.66. The minimum atomic E-state index is -1.86. The van der Waals surface area contributed by atoms with Gasteiger partial charge in [0, 0.05) is 10.8 Å². The zero-order valence-corrected chi connectivity index (χ0v) is 14.8. The van der Waals surface area contributed by atoms with E-state index in [1.165, 1.54) is 12.1 Å². The molecule has 0 aliphatic heterocycles. The molecule has 0 radical (unpaired) electrons. The van der Waals surface area contributed by atoms with Crippen molar-refractivity contribution in [3.05, 3.63) is 81.7 Å². The van der Waals surface area contributed by atoms with Crippen LogP contribution in [0, 0.1) is 21.8 Å². The third kappa shape index (κ3) is 4.55. The van der Waals surface area contributed by atoms with Gasteiger partial charge in [-0.2, -0.15) is 0 Å². The van der Waals surface area contributed by atoms with Crippen molar-refractivity contribution in [2.75, 3.05) is 13.2 Å². The van der Waals surface area contributed by atoms with Crippen LogP contribution in [0.2, 0.25) is 0 Å². The second kappa shape index (κ2) is 9.02. The molecule has 0 spiro atoms. The van der Waals surface area contributed by atoms with Crippen LogP contribution in [0.25, 0.3) is 0 Å². The molecule has 7 heteroatoms. The Hall–Kier alpha value is -3.09. The molecule has 2 unspecified atom stereocenters. The molecule has 6 nitrogen and oxygen atoms in total. The second-order valence-electron chi connectivity index (χ2n) is 6.12. The van der Waals surface area contributed by atoms with Crippen molar-refractivity contribution in [2.45, 2.75) is 18.8 Å². The third-order valence-corrected chi connectivity index (χ3v) is 4.47. The fraction of sp³-hybridized carbons (Fsp3) is 0.300. The van der Waals surface area contributed by atoms with Gasteiger partial charge in [-0.15, -0.1) is 0 Å². The Morgan fingerprint density at radius 3 is 2.37 bits per heavy atom. The lowest BCUT2D eigenvalue weighted by Crippen LogP contribution is -2.51. The van der Waals surface area contributed by atoms with Crippen LogP contribution < -0.4 is 0 Å². The summed E-state index contributed by atoms with van der Waals surface area (Å²) in [5.74, 6) is -2.49. The van der Waals surface area contributed by atoms with Crippen LogP contribution in [0.1, 0.15) is 18.1 Å². The number of rotatable bonds is 9. The maximum absolute atomic E-state index is 13.4. The first-order valence-corrected chi connectivity index (χ1v) is 8.48. The zero-order valence-electron chi connectivity index (χ0n) is 14.8. The third-order valence-electron chi connectivity index (χ3n) is 4.47. The number of hydrogen-bond acceptors (Lipinski definition) is 5. The van der Waals surface area contributed by atoms with Gasteiger partial charge in [-0.25, -0.2) is 4.39 Å². The summed E-state index contributed by atoms with van der Waals surface area (Å²) in [5.41, 5.74) is -0.939. The molecule has 0 aliphatic rings. The van der Waals surface area contributed by atoms with E-state index in [4.69, 9.17) is 4.74 Å². The number of hydrogen-bond donors (Lipinski definition) is 0. The van der Waals surface area contributed by atoms with E-state index in [9.17, 15) is 24.1 Å². The highest BCUT2D eigenvalue weighted by atomic mass is 19.1. The van der Waals surface area contributed by atoms with Crippen molar-refractivity contribution in [1.82, 2.24) is 0 Å². The van der Waals surface area contributed by atoms with E-state index >= 15 is 0 Å². The molecule has 0 fully saturated rings. The minimum Gasteiger partial charge on any atom is -0.465 e. The number of benzene rings is 2. The molecule has 2 atom stereocenters. The summed E-state index contributed by atoms with van der Waals surface area (Å²) < 4.78 is 18.5. The molecule has 0 saturated carbocycles. The van der Waals surface area contributed by atoms with Gasteiger partial charge >= 0.3 is 5.97 Å². The van der Waals surface area contributed by atoms with Crippen molar-refractivity contribution in [3.8, 4) is 0 Å². The lowest BCUT2D eigenvalue weighted by atomic mass is 9.68. The van der Waals surface area contributed by atoms with E-state index < -0.39 is 34.6 Å². The molecular formula is C20H20FNO5.